The molecule has 0 amide bonds. The van der Waals surface area contributed by atoms with E-state index in [0.717, 1.165) is 48.0 Å². The lowest BCUT2D eigenvalue weighted by Crippen LogP contribution is -1.97. The number of aryl methyl sites for hydroxylation is 3. The first kappa shape index (κ1) is 18.1. The topological polar surface area (TPSA) is 73.9 Å². The van der Waals surface area contributed by atoms with Crippen molar-refractivity contribution in [1.29, 1.82) is 0 Å². The number of fused-ring (bicyclic) bond motifs is 1. The van der Waals surface area contributed by atoms with Crippen LogP contribution in [0.3, 0.4) is 0 Å². The summed E-state index contributed by atoms with van der Waals surface area (Å²) in [5.41, 5.74) is 4.73. The maximum atomic E-state index is 5.50. The number of hydrogen-bond donors (Lipinski definition) is 0. The van der Waals surface area contributed by atoms with Crippen LogP contribution in [0.2, 0.25) is 0 Å². The lowest BCUT2D eigenvalue weighted by atomic mass is 10.0. The Morgan fingerprint density at radius 1 is 0.893 bits per heavy atom. The second-order valence-corrected chi connectivity index (χ2v) is 6.69. The Labute approximate surface area is 163 Å². The zero-order valence-electron chi connectivity index (χ0n) is 16.1. The molecule has 0 N–H and O–H groups in total. The molecule has 0 aliphatic carbocycles. The molecule has 142 valence electrons. The quantitative estimate of drug-likeness (QED) is 0.441. The molecule has 0 unspecified atom stereocenters. The molecule has 4 aromatic rings. The van der Waals surface area contributed by atoms with E-state index in [4.69, 9.17) is 14.1 Å². The summed E-state index contributed by atoms with van der Waals surface area (Å²) in [6.07, 6.45) is 3.84. The third-order valence-corrected chi connectivity index (χ3v) is 4.61. The Hall–Kier alpha value is -3.28. The van der Waals surface area contributed by atoms with Crippen molar-refractivity contribution >= 4 is 11.0 Å². The van der Waals surface area contributed by atoms with E-state index >= 15 is 0 Å². The first-order chi connectivity index (χ1) is 13.7. The molecule has 0 atom stereocenters. The van der Waals surface area contributed by atoms with Crippen LogP contribution in [0.5, 0.6) is 5.88 Å². The molecule has 0 saturated heterocycles. The maximum absolute atomic E-state index is 5.50. The van der Waals surface area contributed by atoms with Crippen LogP contribution in [0.4, 0.5) is 0 Å². The smallest absolute Gasteiger partial charge is 0.240 e. The highest BCUT2D eigenvalue weighted by atomic mass is 16.5. The van der Waals surface area contributed by atoms with Gasteiger partial charge >= 0.3 is 0 Å². The van der Waals surface area contributed by atoms with Gasteiger partial charge in [0.25, 0.3) is 0 Å². The van der Waals surface area contributed by atoms with E-state index in [2.05, 4.69) is 33.4 Å². The Bertz CT molecular complexity index is 1090. The highest BCUT2D eigenvalue weighted by molar-refractivity contribution is 5.79. The van der Waals surface area contributed by atoms with Crippen LogP contribution >= 0.6 is 0 Å². The Morgan fingerprint density at radius 2 is 1.68 bits per heavy atom. The molecule has 2 aromatic carbocycles. The van der Waals surface area contributed by atoms with Gasteiger partial charge in [-0.05, 0) is 43.0 Å². The molecule has 4 rings (SSSR count). The van der Waals surface area contributed by atoms with Crippen molar-refractivity contribution in [2.75, 3.05) is 7.11 Å². The summed E-state index contributed by atoms with van der Waals surface area (Å²) in [5.74, 6) is 1.87. The molecule has 0 bridgehead atoms. The largest absolute Gasteiger partial charge is 0.479 e. The van der Waals surface area contributed by atoms with Gasteiger partial charge in [-0.1, -0.05) is 30.3 Å². The van der Waals surface area contributed by atoms with Gasteiger partial charge < -0.3 is 9.15 Å². The summed E-state index contributed by atoms with van der Waals surface area (Å²) in [6, 6.07) is 16.2. The van der Waals surface area contributed by atoms with Crippen molar-refractivity contribution < 1.29 is 9.15 Å². The molecule has 0 aliphatic heterocycles. The van der Waals surface area contributed by atoms with Crippen LogP contribution in [0.25, 0.3) is 22.3 Å². The molecule has 0 saturated carbocycles. The fourth-order valence-electron chi connectivity index (χ4n) is 3.23. The highest BCUT2D eigenvalue weighted by Gasteiger charge is 2.12. The monoisotopic (exact) mass is 374 g/mol. The molecule has 6 nitrogen and oxygen atoms in total. The number of methoxy groups -OCH3 is 1. The van der Waals surface area contributed by atoms with Crippen molar-refractivity contribution in [2.24, 2.45) is 0 Å². The predicted octanol–water partition coefficient (Wildman–Crippen LogP) is 4.56. The molecule has 2 aromatic heterocycles. The minimum atomic E-state index is 0.544. The van der Waals surface area contributed by atoms with E-state index in [1.54, 1.807) is 7.11 Å². The third-order valence-electron chi connectivity index (χ3n) is 4.61. The van der Waals surface area contributed by atoms with E-state index in [0.29, 0.717) is 17.7 Å². The molecular formula is C22H22N4O2. The number of aromatic nitrogens is 4. The first-order valence-electron chi connectivity index (χ1n) is 9.42. The Kier molecular flexibility index (Phi) is 5.28. The predicted molar refractivity (Wildman–Crippen MR) is 107 cm³/mol. The van der Waals surface area contributed by atoms with Gasteiger partial charge in [-0.15, -0.1) is 10.2 Å². The third kappa shape index (κ3) is 4.01. The van der Waals surface area contributed by atoms with E-state index in [1.807, 2.05) is 37.3 Å². The summed E-state index contributed by atoms with van der Waals surface area (Å²) in [5, 5.41) is 7.91. The molecular weight excluding hydrogens is 352 g/mol. The van der Waals surface area contributed by atoms with Crippen molar-refractivity contribution in [3.05, 3.63) is 65.9 Å². The average molecular weight is 374 g/mol. The lowest BCUT2D eigenvalue weighted by Gasteiger charge is -2.10. The van der Waals surface area contributed by atoms with Crippen molar-refractivity contribution in [2.45, 2.75) is 32.6 Å². The van der Waals surface area contributed by atoms with Gasteiger partial charge in [0.1, 0.15) is 5.69 Å². The van der Waals surface area contributed by atoms with Crippen molar-refractivity contribution in [1.82, 2.24) is 20.2 Å². The normalized spacial score (nSPS) is 11.1. The van der Waals surface area contributed by atoms with Crippen LogP contribution in [0.1, 0.15) is 30.2 Å². The number of benzene rings is 2. The number of para-hydroxylation sites is 2. The molecule has 28 heavy (non-hydrogen) atoms. The van der Waals surface area contributed by atoms with E-state index in [-0.39, 0.29) is 0 Å². The summed E-state index contributed by atoms with van der Waals surface area (Å²) >= 11 is 0. The Balaban J connectivity index is 1.49. The fourth-order valence-corrected chi connectivity index (χ4v) is 3.23. The standard InChI is InChI=1S/C22H22N4O2/c1-15-25-26-20(28-15)13-6-3-8-16-9-7-10-17(14-16)21-22(27-2)24-19-12-5-4-11-18(19)23-21/h4-5,7,9-12,14H,3,6,8,13H2,1-2H3. The van der Waals surface area contributed by atoms with Crippen LogP contribution in [0.15, 0.2) is 52.9 Å². The number of rotatable bonds is 7. The van der Waals surface area contributed by atoms with Gasteiger partial charge in [0, 0.05) is 18.9 Å². The van der Waals surface area contributed by atoms with E-state index in [1.165, 1.54) is 5.56 Å². The van der Waals surface area contributed by atoms with E-state index < -0.39 is 0 Å². The molecule has 0 radical (unpaired) electrons. The van der Waals surface area contributed by atoms with Crippen LogP contribution in [-0.4, -0.2) is 27.3 Å². The molecule has 0 spiro atoms. The average Bonchev–Trinajstić information content (AvgIpc) is 3.15. The van der Waals surface area contributed by atoms with Gasteiger partial charge in [0.05, 0.1) is 18.1 Å². The highest BCUT2D eigenvalue weighted by Crippen LogP contribution is 2.29. The molecule has 2 heterocycles. The van der Waals surface area contributed by atoms with Crippen molar-refractivity contribution in [3.8, 4) is 17.1 Å². The SMILES string of the molecule is COc1nc2ccccc2nc1-c1cccc(CCCCc2nnc(C)o2)c1. The number of ether oxygens (including phenoxy) is 1. The minimum absolute atomic E-state index is 0.544. The summed E-state index contributed by atoms with van der Waals surface area (Å²) in [7, 11) is 1.63. The van der Waals surface area contributed by atoms with Gasteiger partial charge in [0.2, 0.25) is 17.7 Å². The zero-order valence-corrected chi connectivity index (χ0v) is 16.1. The number of nitrogens with zero attached hydrogens (tertiary/aromatic N) is 4. The van der Waals surface area contributed by atoms with Crippen molar-refractivity contribution in [3.63, 3.8) is 0 Å². The first-order valence-corrected chi connectivity index (χ1v) is 9.42. The maximum Gasteiger partial charge on any atom is 0.240 e. The lowest BCUT2D eigenvalue weighted by molar-refractivity contribution is 0.400. The molecule has 6 heteroatoms. The molecule has 0 fully saturated rings. The fraction of sp³-hybridized carbons (Fsp3) is 0.273. The molecule has 0 aliphatic rings. The van der Waals surface area contributed by atoms with Gasteiger partial charge in [-0.2, -0.15) is 0 Å². The second-order valence-electron chi connectivity index (χ2n) is 6.69. The zero-order chi connectivity index (χ0) is 19.3. The number of hydrogen-bond acceptors (Lipinski definition) is 6. The van der Waals surface area contributed by atoms with Crippen LogP contribution < -0.4 is 4.74 Å². The summed E-state index contributed by atoms with van der Waals surface area (Å²) < 4.78 is 10.9. The van der Waals surface area contributed by atoms with E-state index in [9.17, 15) is 0 Å². The second kappa shape index (κ2) is 8.17. The Morgan fingerprint density at radius 3 is 2.43 bits per heavy atom. The van der Waals surface area contributed by atoms with Gasteiger partial charge in [0.15, 0.2) is 0 Å². The van der Waals surface area contributed by atoms with Gasteiger partial charge in [-0.25, -0.2) is 9.97 Å². The minimum Gasteiger partial charge on any atom is -0.479 e. The number of unbranched alkanes of at least 4 members (excludes halogenated alkanes) is 1. The van der Waals surface area contributed by atoms with Crippen LogP contribution in [-0.2, 0) is 12.8 Å². The summed E-state index contributed by atoms with van der Waals surface area (Å²) in [6.45, 7) is 1.81. The van der Waals surface area contributed by atoms with Gasteiger partial charge in [-0.3, -0.25) is 0 Å². The summed E-state index contributed by atoms with van der Waals surface area (Å²) in [4.78, 5) is 9.38. The van der Waals surface area contributed by atoms with Crippen LogP contribution in [0, 0.1) is 6.92 Å².